The molecular weight excluding hydrogens is 238 g/mol. The summed E-state index contributed by atoms with van der Waals surface area (Å²) in [5, 5.41) is 13.1. The zero-order chi connectivity index (χ0) is 12.4. The molecule has 5 N–H and O–H groups in total. The van der Waals surface area contributed by atoms with E-state index in [-0.39, 0.29) is 10.6 Å². The predicted molar refractivity (Wildman–Crippen MR) is 67.0 cm³/mol. The number of amides is 1. The van der Waals surface area contributed by atoms with Crippen molar-refractivity contribution in [2.45, 2.75) is 0 Å². The van der Waals surface area contributed by atoms with E-state index >= 15 is 0 Å². The van der Waals surface area contributed by atoms with Gasteiger partial charge in [-0.25, -0.2) is 0 Å². The van der Waals surface area contributed by atoms with Crippen molar-refractivity contribution in [3.05, 3.63) is 10.4 Å². The number of rotatable bonds is 2. The van der Waals surface area contributed by atoms with Crippen LogP contribution >= 0.6 is 11.3 Å². The van der Waals surface area contributed by atoms with Gasteiger partial charge < -0.3 is 21.7 Å². The maximum absolute atomic E-state index is 11.2. The predicted octanol–water partition coefficient (Wildman–Crippen LogP) is -0.290. The average Bonchev–Trinajstić information content (AvgIpc) is 2.67. The van der Waals surface area contributed by atoms with E-state index in [4.69, 9.17) is 16.7 Å². The van der Waals surface area contributed by atoms with Crippen LogP contribution < -0.4 is 21.7 Å². The van der Waals surface area contributed by atoms with Crippen molar-refractivity contribution < 1.29 is 4.79 Å². The molecule has 1 aliphatic rings. The van der Waals surface area contributed by atoms with Crippen molar-refractivity contribution in [1.82, 2.24) is 5.32 Å². The molecule has 7 heteroatoms. The van der Waals surface area contributed by atoms with E-state index in [1.54, 1.807) is 0 Å². The standard InChI is InChI=1S/C10H13N5OS/c11-5-6-7(12)8(9(13)16)17-10(6)15-3-1-14-2-4-15/h14H,1-4,12H2,(H2,13,16). The van der Waals surface area contributed by atoms with E-state index in [1.807, 2.05) is 0 Å². The minimum atomic E-state index is -0.578. The molecule has 1 aliphatic heterocycles. The van der Waals surface area contributed by atoms with Crippen molar-refractivity contribution in [2.24, 2.45) is 5.73 Å². The van der Waals surface area contributed by atoms with Gasteiger partial charge in [0.05, 0.1) is 5.69 Å². The van der Waals surface area contributed by atoms with Gasteiger partial charge in [0, 0.05) is 26.2 Å². The smallest absolute Gasteiger partial charge is 0.261 e. The number of anilines is 2. The fraction of sp³-hybridized carbons (Fsp3) is 0.400. The monoisotopic (exact) mass is 251 g/mol. The molecular formula is C10H13N5OS. The highest BCUT2D eigenvalue weighted by atomic mass is 32.1. The van der Waals surface area contributed by atoms with Gasteiger partial charge in [-0.15, -0.1) is 11.3 Å². The van der Waals surface area contributed by atoms with Gasteiger partial charge in [-0.2, -0.15) is 5.26 Å². The summed E-state index contributed by atoms with van der Waals surface area (Å²) in [5.41, 5.74) is 11.6. The normalized spacial score (nSPS) is 15.6. The lowest BCUT2D eigenvalue weighted by atomic mass is 10.2. The van der Waals surface area contributed by atoms with E-state index in [2.05, 4.69) is 16.3 Å². The number of nitrogens with two attached hydrogens (primary N) is 2. The van der Waals surface area contributed by atoms with Gasteiger partial charge in [0.15, 0.2) is 0 Å². The Labute approximate surface area is 103 Å². The van der Waals surface area contributed by atoms with E-state index in [1.165, 1.54) is 11.3 Å². The summed E-state index contributed by atoms with van der Waals surface area (Å²) in [4.78, 5) is 13.5. The molecule has 0 aromatic carbocycles. The molecule has 6 nitrogen and oxygen atoms in total. The molecule has 1 aromatic heterocycles. The Morgan fingerprint density at radius 2 is 2.12 bits per heavy atom. The Kier molecular flexibility index (Phi) is 3.17. The topological polar surface area (TPSA) is 108 Å². The molecule has 0 radical (unpaired) electrons. The maximum Gasteiger partial charge on any atom is 0.261 e. The van der Waals surface area contributed by atoms with Crippen LogP contribution in [0.4, 0.5) is 10.7 Å². The van der Waals surface area contributed by atoms with Gasteiger partial charge in [-0.05, 0) is 0 Å². The molecule has 0 aliphatic carbocycles. The van der Waals surface area contributed by atoms with Crippen molar-refractivity contribution in [1.29, 1.82) is 5.26 Å². The van der Waals surface area contributed by atoms with E-state index in [9.17, 15) is 4.79 Å². The van der Waals surface area contributed by atoms with Crippen LogP contribution in [0.15, 0.2) is 0 Å². The Morgan fingerprint density at radius 3 is 2.65 bits per heavy atom. The molecule has 1 aromatic rings. The van der Waals surface area contributed by atoms with Gasteiger partial charge >= 0.3 is 0 Å². The third kappa shape index (κ3) is 2.05. The number of nitrogens with one attached hydrogen (secondary N) is 1. The van der Waals surface area contributed by atoms with Crippen LogP contribution in [0, 0.1) is 11.3 Å². The van der Waals surface area contributed by atoms with Crippen molar-refractivity contribution in [3.8, 4) is 6.07 Å². The van der Waals surface area contributed by atoms with Gasteiger partial charge in [0.2, 0.25) is 0 Å². The molecule has 1 fully saturated rings. The fourth-order valence-corrected chi connectivity index (χ4v) is 2.89. The van der Waals surface area contributed by atoms with Crippen molar-refractivity contribution in [2.75, 3.05) is 36.8 Å². The largest absolute Gasteiger partial charge is 0.396 e. The lowest BCUT2D eigenvalue weighted by molar-refractivity contribution is 0.100. The van der Waals surface area contributed by atoms with Crippen LogP contribution in [0.5, 0.6) is 0 Å². The van der Waals surface area contributed by atoms with Crippen LogP contribution in [-0.2, 0) is 0 Å². The number of thiophene rings is 1. The second-order valence-electron chi connectivity index (χ2n) is 3.74. The van der Waals surface area contributed by atoms with Crippen LogP contribution in [0.25, 0.3) is 0 Å². The SMILES string of the molecule is N#Cc1c(N2CCNCC2)sc(C(N)=O)c1N. The first kappa shape index (κ1) is 11.7. The second kappa shape index (κ2) is 4.61. The highest BCUT2D eigenvalue weighted by Gasteiger charge is 2.23. The van der Waals surface area contributed by atoms with Gasteiger partial charge in [0.1, 0.15) is 21.5 Å². The Balaban J connectivity index is 2.42. The maximum atomic E-state index is 11.2. The molecule has 0 saturated carbocycles. The summed E-state index contributed by atoms with van der Waals surface area (Å²) in [7, 11) is 0. The first-order valence-corrected chi connectivity index (χ1v) is 6.04. The highest BCUT2D eigenvalue weighted by molar-refractivity contribution is 7.19. The first-order valence-electron chi connectivity index (χ1n) is 5.23. The molecule has 0 spiro atoms. The zero-order valence-electron chi connectivity index (χ0n) is 9.19. The number of nitrogen functional groups attached to an aromatic ring is 1. The molecule has 0 atom stereocenters. The van der Waals surface area contributed by atoms with Crippen molar-refractivity contribution in [3.63, 3.8) is 0 Å². The number of primary amides is 1. The van der Waals surface area contributed by atoms with Crippen LogP contribution in [0.2, 0.25) is 0 Å². The summed E-state index contributed by atoms with van der Waals surface area (Å²) in [6.07, 6.45) is 0. The molecule has 1 amide bonds. The molecule has 2 rings (SSSR count). The second-order valence-corrected chi connectivity index (χ2v) is 4.74. The number of piperazine rings is 1. The number of nitrogens with zero attached hydrogens (tertiary/aromatic N) is 2. The average molecular weight is 251 g/mol. The summed E-state index contributed by atoms with van der Waals surface area (Å²) in [6, 6.07) is 2.05. The fourth-order valence-electron chi connectivity index (χ4n) is 1.81. The lowest BCUT2D eigenvalue weighted by Crippen LogP contribution is -2.43. The summed E-state index contributed by atoms with van der Waals surface area (Å²) < 4.78 is 0. The number of carbonyl (C=O) groups is 1. The number of hydrogen-bond acceptors (Lipinski definition) is 6. The lowest BCUT2D eigenvalue weighted by Gasteiger charge is -2.28. The third-order valence-corrected chi connectivity index (χ3v) is 3.95. The quantitative estimate of drug-likeness (QED) is 0.669. The molecule has 90 valence electrons. The molecule has 0 unspecified atom stereocenters. The Hall–Kier alpha value is -1.78. The molecule has 17 heavy (non-hydrogen) atoms. The number of carbonyl (C=O) groups excluding carboxylic acids is 1. The summed E-state index contributed by atoms with van der Waals surface area (Å²) >= 11 is 1.20. The van der Waals surface area contributed by atoms with E-state index < -0.39 is 5.91 Å². The van der Waals surface area contributed by atoms with E-state index in [0.717, 1.165) is 31.2 Å². The van der Waals surface area contributed by atoms with Gasteiger partial charge in [-0.3, -0.25) is 4.79 Å². The summed E-state index contributed by atoms with van der Waals surface area (Å²) in [6.45, 7) is 3.31. The highest BCUT2D eigenvalue weighted by Crippen LogP contribution is 2.37. The minimum Gasteiger partial charge on any atom is -0.396 e. The van der Waals surface area contributed by atoms with Gasteiger partial charge in [-0.1, -0.05) is 0 Å². The Bertz CT molecular complexity index is 484. The zero-order valence-corrected chi connectivity index (χ0v) is 10.0. The first-order chi connectivity index (χ1) is 8.15. The number of nitriles is 1. The molecule has 0 bridgehead atoms. The molecule has 1 saturated heterocycles. The van der Waals surface area contributed by atoms with Crippen LogP contribution in [-0.4, -0.2) is 32.1 Å². The van der Waals surface area contributed by atoms with E-state index in [0.29, 0.717) is 5.56 Å². The van der Waals surface area contributed by atoms with Crippen LogP contribution in [0.3, 0.4) is 0 Å². The minimum absolute atomic E-state index is 0.207. The van der Waals surface area contributed by atoms with Crippen molar-refractivity contribution >= 4 is 27.9 Å². The number of hydrogen-bond donors (Lipinski definition) is 3. The molecule has 2 heterocycles. The summed E-state index contributed by atoms with van der Waals surface area (Å²) in [5.74, 6) is -0.578. The van der Waals surface area contributed by atoms with Gasteiger partial charge in [0.25, 0.3) is 5.91 Å². The third-order valence-electron chi connectivity index (χ3n) is 2.67. The Morgan fingerprint density at radius 1 is 1.47 bits per heavy atom. The van der Waals surface area contributed by atoms with Crippen LogP contribution in [0.1, 0.15) is 15.2 Å².